The standard InChI is InChI=1S/C23H13BrCl2N2O3/c24-17-8-6-15(7-9-17)23(30)31-18-10-4-14(5-11-18)12-16(13-27)22(29)28-20-3-1-2-19(25)21(20)26/h1-12H,(H,28,29). The highest BCUT2D eigenvalue weighted by Crippen LogP contribution is 2.30. The number of amides is 1. The highest BCUT2D eigenvalue weighted by Gasteiger charge is 2.13. The Balaban J connectivity index is 1.70. The molecule has 0 aliphatic rings. The Kier molecular flexibility index (Phi) is 7.48. The first kappa shape index (κ1) is 22.6. The molecule has 0 fully saturated rings. The van der Waals surface area contributed by atoms with E-state index in [0.29, 0.717) is 22.6 Å². The van der Waals surface area contributed by atoms with E-state index in [9.17, 15) is 14.9 Å². The first-order valence-electron chi connectivity index (χ1n) is 8.82. The van der Waals surface area contributed by atoms with E-state index in [4.69, 9.17) is 27.9 Å². The first-order chi connectivity index (χ1) is 14.9. The van der Waals surface area contributed by atoms with Crippen molar-refractivity contribution < 1.29 is 14.3 Å². The summed E-state index contributed by atoms with van der Waals surface area (Å²) >= 11 is 15.3. The summed E-state index contributed by atoms with van der Waals surface area (Å²) in [5.74, 6) is -0.789. The molecule has 3 aromatic rings. The number of anilines is 1. The monoisotopic (exact) mass is 514 g/mol. The fourth-order valence-electron chi connectivity index (χ4n) is 2.49. The molecular weight excluding hydrogens is 503 g/mol. The van der Waals surface area contributed by atoms with Gasteiger partial charge < -0.3 is 10.1 Å². The number of esters is 1. The number of nitrogens with zero attached hydrogens (tertiary/aromatic N) is 1. The van der Waals surface area contributed by atoms with Gasteiger partial charge in [-0.1, -0.05) is 57.3 Å². The normalized spacial score (nSPS) is 10.8. The van der Waals surface area contributed by atoms with Crippen molar-refractivity contribution in [1.29, 1.82) is 5.26 Å². The summed E-state index contributed by atoms with van der Waals surface area (Å²) in [6.07, 6.45) is 1.41. The molecule has 0 saturated heterocycles. The summed E-state index contributed by atoms with van der Waals surface area (Å²) in [5.41, 5.74) is 1.16. The van der Waals surface area contributed by atoms with Crippen molar-refractivity contribution >= 4 is 62.8 Å². The average Bonchev–Trinajstić information content (AvgIpc) is 2.76. The Morgan fingerprint density at radius 2 is 1.68 bits per heavy atom. The van der Waals surface area contributed by atoms with Gasteiger partial charge in [-0.2, -0.15) is 5.26 Å². The number of hydrogen-bond donors (Lipinski definition) is 1. The molecule has 0 spiro atoms. The maximum atomic E-state index is 12.4. The van der Waals surface area contributed by atoms with Gasteiger partial charge in [-0.05, 0) is 60.2 Å². The smallest absolute Gasteiger partial charge is 0.343 e. The van der Waals surface area contributed by atoms with Crippen molar-refractivity contribution in [3.05, 3.63) is 97.9 Å². The van der Waals surface area contributed by atoms with Crippen LogP contribution >= 0.6 is 39.1 Å². The lowest BCUT2D eigenvalue weighted by atomic mass is 10.1. The third-order valence-corrected chi connectivity index (χ3v) is 5.39. The fraction of sp³-hybridized carbons (Fsp3) is 0. The highest BCUT2D eigenvalue weighted by atomic mass is 79.9. The van der Waals surface area contributed by atoms with Crippen LogP contribution in [0.1, 0.15) is 15.9 Å². The molecular formula is C23H13BrCl2N2O3. The summed E-state index contributed by atoms with van der Waals surface area (Å²) in [5, 5.41) is 12.4. The number of carbonyl (C=O) groups is 2. The molecule has 3 rings (SSSR count). The number of hydrogen-bond acceptors (Lipinski definition) is 4. The molecule has 5 nitrogen and oxygen atoms in total. The Morgan fingerprint density at radius 3 is 2.32 bits per heavy atom. The molecule has 0 aliphatic heterocycles. The van der Waals surface area contributed by atoms with Crippen molar-refractivity contribution in [2.45, 2.75) is 0 Å². The minimum absolute atomic E-state index is 0.129. The Hall–Kier alpha value is -3.11. The quantitative estimate of drug-likeness (QED) is 0.181. The summed E-state index contributed by atoms with van der Waals surface area (Å²) < 4.78 is 6.19. The van der Waals surface area contributed by atoms with E-state index < -0.39 is 11.9 Å². The highest BCUT2D eigenvalue weighted by molar-refractivity contribution is 9.10. The fourth-order valence-corrected chi connectivity index (χ4v) is 3.10. The zero-order valence-corrected chi connectivity index (χ0v) is 18.8. The molecule has 31 heavy (non-hydrogen) atoms. The van der Waals surface area contributed by atoms with Crippen LogP contribution in [0.4, 0.5) is 5.69 Å². The van der Waals surface area contributed by atoms with Crippen LogP contribution in [0.25, 0.3) is 6.08 Å². The number of ether oxygens (including phenoxy) is 1. The number of halogens is 3. The number of nitriles is 1. The molecule has 8 heteroatoms. The van der Waals surface area contributed by atoms with Gasteiger partial charge in [0.25, 0.3) is 5.91 Å². The number of benzene rings is 3. The van der Waals surface area contributed by atoms with Crippen LogP contribution in [0, 0.1) is 11.3 Å². The van der Waals surface area contributed by atoms with Crippen LogP contribution in [-0.2, 0) is 4.79 Å². The summed E-state index contributed by atoms with van der Waals surface area (Å²) in [6, 6.07) is 19.8. The van der Waals surface area contributed by atoms with Crippen LogP contribution in [0.15, 0.2) is 76.8 Å². The molecule has 0 saturated carbocycles. The van der Waals surface area contributed by atoms with E-state index in [1.54, 1.807) is 66.7 Å². The minimum Gasteiger partial charge on any atom is -0.423 e. The zero-order chi connectivity index (χ0) is 22.4. The molecule has 0 atom stereocenters. The van der Waals surface area contributed by atoms with Crippen LogP contribution in [0.3, 0.4) is 0 Å². The topological polar surface area (TPSA) is 79.2 Å². The predicted molar refractivity (Wildman–Crippen MR) is 124 cm³/mol. The second-order valence-corrected chi connectivity index (χ2v) is 7.89. The van der Waals surface area contributed by atoms with Gasteiger partial charge in [-0.3, -0.25) is 4.79 Å². The summed E-state index contributed by atoms with van der Waals surface area (Å²) in [4.78, 5) is 24.6. The van der Waals surface area contributed by atoms with Crippen molar-refractivity contribution in [2.75, 3.05) is 5.32 Å². The molecule has 0 unspecified atom stereocenters. The van der Waals surface area contributed by atoms with Gasteiger partial charge in [0, 0.05) is 4.47 Å². The van der Waals surface area contributed by atoms with E-state index in [0.717, 1.165) is 4.47 Å². The second kappa shape index (κ2) is 10.3. The van der Waals surface area contributed by atoms with Crippen molar-refractivity contribution in [3.63, 3.8) is 0 Å². The van der Waals surface area contributed by atoms with Gasteiger partial charge in [0.2, 0.25) is 0 Å². The van der Waals surface area contributed by atoms with Gasteiger partial charge >= 0.3 is 5.97 Å². The molecule has 1 amide bonds. The van der Waals surface area contributed by atoms with E-state index in [1.165, 1.54) is 6.08 Å². The maximum Gasteiger partial charge on any atom is 0.343 e. The van der Waals surface area contributed by atoms with E-state index in [2.05, 4.69) is 21.2 Å². The van der Waals surface area contributed by atoms with Gasteiger partial charge in [0.1, 0.15) is 17.4 Å². The van der Waals surface area contributed by atoms with Crippen LogP contribution < -0.4 is 10.1 Å². The molecule has 0 bridgehead atoms. The third-order valence-electron chi connectivity index (χ3n) is 4.05. The van der Waals surface area contributed by atoms with Crippen molar-refractivity contribution in [1.82, 2.24) is 0 Å². The van der Waals surface area contributed by atoms with Crippen LogP contribution in [0.5, 0.6) is 5.75 Å². The van der Waals surface area contributed by atoms with Gasteiger partial charge in [-0.15, -0.1) is 0 Å². The second-order valence-electron chi connectivity index (χ2n) is 6.19. The number of carbonyl (C=O) groups excluding carboxylic acids is 2. The molecule has 3 aromatic carbocycles. The lowest BCUT2D eigenvalue weighted by Gasteiger charge is -2.08. The molecule has 0 aromatic heterocycles. The lowest BCUT2D eigenvalue weighted by Crippen LogP contribution is -2.13. The number of rotatable bonds is 5. The maximum absolute atomic E-state index is 12.4. The van der Waals surface area contributed by atoms with Crippen molar-refractivity contribution in [3.8, 4) is 11.8 Å². The molecule has 154 valence electrons. The average molecular weight is 516 g/mol. The van der Waals surface area contributed by atoms with E-state index in [-0.39, 0.29) is 15.6 Å². The molecule has 0 aliphatic carbocycles. The zero-order valence-electron chi connectivity index (χ0n) is 15.7. The van der Waals surface area contributed by atoms with Gasteiger partial charge in [0.05, 0.1) is 21.3 Å². The minimum atomic E-state index is -0.627. The lowest BCUT2D eigenvalue weighted by molar-refractivity contribution is -0.112. The largest absolute Gasteiger partial charge is 0.423 e. The van der Waals surface area contributed by atoms with Crippen LogP contribution in [-0.4, -0.2) is 11.9 Å². The van der Waals surface area contributed by atoms with E-state index in [1.807, 2.05) is 6.07 Å². The van der Waals surface area contributed by atoms with Gasteiger partial charge in [0.15, 0.2) is 0 Å². The summed E-state index contributed by atoms with van der Waals surface area (Å²) in [6.45, 7) is 0. The Labute approximate surface area is 197 Å². The first-order valence-corrected chi connectivity index (χ1v) is 10.4. The molecule has 1 N–H and O–H groups in total. The molecule has 0 heterocycles. The van der Waals surface area contributed by atoms with Crippen molar-refractivity contribution in [2.24, 2.45) is 0 Å². The summed E-state index contributed by atoms with van der Waals surface area (Å²) in [7, 11) is 0. The number of nitrogens with one attached hydrogen (secondary N) is 1. The Morgan fingerprint density at radius 1 is 1.00 bits per heavy atom. The van der Waals surface area contributed by atoms with Gasteiger partial charge in [-0.25, -0.2) is 4.79 Å². The van der Waals surface area contributed by atoms with Crippen LogP contribution in [0.2, 0.25) is 10.0 Å². The predicted octanol–water partition coefficient (Wildman–Crippen LogP) is 6.52. The SMILES string of the molecule is N#CC(=Cc1ccc(OC(=O)c2ccc(Br)cc2)cc1)C(=O)Nc1cccc(Cl)c1Cl. The third kappa shape index (κ3) is 5.96. The van der Waals surface area contributed by atoms with E-state index >= 15 is 0 Å². The molecule has 0 radical (unpaired) electrons. The Bertz CT molecular complexity index is 1200.